The number of nitrogens with one attached hydrogen (secondary N) is 1. The summed E-state index contributed by atoms with van der Waals surface area (Å²) in [5, 5.41) is 14.7. The Bertz CT molecular complexity index is 969. The first-order valence-electron chi connectivity index (χ1n) is 7.46. The third kappa shape index (κ3) is 3.97. The molecule has 1 amide bonds. The second-order valence-corrected chi connectivity index (χ2v) is 7.10. The summed E-state index contributed by atoms with van der Waals surface area (Å²) in [5.74, 6) is 0.591. The molecule has 130 valence electrons. The Balaban J connectivity index is 1.67. The Hall–Kier alpha value is -2.46. The largest absolute Gasteiger partial charge is 0.492 e. The lowest BCUT2D eigenvalue weighted by molar-refractivity contribution is -0.113. The van der Waals surface area contributed by atoms with Crippen molar-refractivity contribution in [2.45, 2.75) is 18.2 Å². The van der Waals surface area contributed by atoms with Gasteiger partial charge in [-0.1, -0.05) is 35.2 Å². The number of aromatic nitrogens is 4. The molecule has 25 heavy (non-hydrogen) atoms. The number of carbonyl (C=O) groups is 1. The Morgan fingerprint density at radius 2 is 2.16 bits per heavy atom. The number of aryl methyl sites for hydroxylation is 1. The second kappa shape index (κ2) is 7.62. The SMILES string of the molecule is CCOc1ccccc1NC(=O)CSc1nn2c(=O)c(C)nnc2s1. The van der Waals surface area contributed by atoms with Crippen LogP contribution >= 0.6 is 23.1 Å². The highest BCUT2D eigenvalue weighted by molar-refractivity contribution is 8.01. The molecule has 0 aliphatic heterocycles. The van der Waals surface area contributed by atoms with Gasteiger partial charge in [0.2, 0.25) is 10.9 Å². The highest BCUT2D eigenvalue weighted by atomic mass is 32.2. The molecule has 0 saturated heterocycles. The minimum Gasteiger partial charge on any atom is -0.492 e. The van der Waals surface area contributed by atoms with Crippen LogP contribution in [0.5, 0.6) is 5.75 Å². The lowest BCUT2D eigenvalue weighted by Gasteiger charge is -2.10. The zero-order valence-electron chi connectivity index (χ0n) is 13.6. The predicted octanol–water partition coefficient (Wildman–Crippen LogP) is 1.98. The average molecular weight is 377 g/mol. The number of carbonyl (C=O) groups excluding carboxylic acids is 1. The smallest absolute Gasteiger partial charge is 0.296 e. The van der Waals surface area contributed by atoms with E-state index in [1.165, 1.54) is 27.6 Å². The van der Waals surface area contributed by atoms with Crippen molar-refractivity contribution in [3.63, 3.8) is 0 Å². The Kier molecular flexibility index (Phi) is 5.29. The summed E-state index contributed by atoms with van der Waals surface area (Å²) in [5.41, 5.74) is 0.602. The standard InChI is InChI=1S/C15H15N5O3S2/c1-3-23-11-7-5-4-6-10(11)16-12(21)8-24-15-19-20-13(22)9(2)17-18-14(20)25-15/h4-7H,3,8H2,1-2H3,(H,16,21). The lowest BCUT2D eigenvalue weighted by Crippen LogP contribution is -2.19. The topological polar surface area (TPSA) is 98.5 Å². The monoisotopic (exact) mass is 377 g/mol. The van der Waals surface area contributed by atoms with Crippen molar-refractivity contribution in [3.05, 3.63) is 40.3 Å². The van der Waals surface area contributed by atoms with Crippen LogP contribution in [-0.2, 0) is 4.79 Å². The fourth-order valence-corrected chi connectivity index (χ4v) is 3.67. The molecule has 0 bridgehead atoms. The number of thioether (sulfide) groups is 1. The first-order chi connectivity index (χ1) is 12.1. The Morgan fingerprint density at radius 1 is 1.36 bits per heavy atom. The molecule has 10 heteroatoms. The molecule has 0 aliphatic carbocycles. The number of para-hydroxylation sites is 2. The van der Waals surface area contributed by atoms with Crippen molar-refractivity contribution < 1.29 is 9.53 Å². The number of nitrogens with zero attached hydrogens (tertiary/aromatic N) is 4. The van der Waals surface area contributed by atoms with E-state index in [4.69, 9.17) is 4.74 Å². The number of fused-ring (bicyclic) bond motifs is 1. The van der Waals surface area contributed by atoms with Crippen LogP contribution in [0.15, 0.2) is 33.4 Å². The first kappa shape index (κ1) is 17.4. The van der Waals surface area contributed by atoms with Gasteiger partial charge in [0, 0.05) is 0 Å². The Morgan fingerprint density at radius 3 is 2.96 bits per heavy atom. The van der Waals surface area contributed by atoms with Gasteiger partial charge in [-0.3, -0.25) is 9.59 Å². The maximum absolute atomic E-state index is 12.2. The van der Waals surface area contributed by atoms with E-state index >= 15 is 0 Å². The van der Waals surface area contributed by atoms with Crippen LogP contribution in [0.25, 0.3) is 4.96 Å². The first-order valence-corrected chi connectivity index (χ1v) is 9.26. The van der Waals surface area contributed by atoms with E-state index in [0.29, 0.717) is 27.3 Å². The number of rotatable bonds is 6. The molecule has 0 radical (unpaired) electrons. The molecule has 0 atom stereocenters. The molecule has 0 spiro atoms. The second-order valence-electron chi connectivity index (χ2n) is 4.92. The van der Waals surface area contributed by atoms with Gasteiger partial charge in [-0.05, 0) is 26.0 Å². The van der Waals surface area contributed by atoms with Gasteiger partial charge in [0.05, 0.1) is 18.0 Å². The van der Waals surface area contributed by atoms with Gasteiger partial charge in [0.1, 0.15) is 11.4 Å². The van der Waals surface area contributed by atoms with E-state index in [2.05, 4.69) is 20.6 Å². The molecule has 2 aromatic heterocycles. The molecule has 3 rings (SSSR count). The molecule has 0 fully saturated rings. The maximum Gasteiger partial charge on any atom is 0.296 e. The molecule has 0 unspecified atom stereocenters. The van der Waals surface area contributed by atoms with Crippen molar-refractivity contribution in [3.8, 4) is 5.75 Å². The molecule has 0 saturated carbocycles. The van der Waals surface area contributed by atoms with Crippen LogP contribution in [0.3, 0.4) is 0 Å². The number of ether oxygens (including phenoxy) is 1. The van der Waals surface area contributed by atoms with Gasteiger partial charge in [-0.2, -0.15) is 4.52 Å². The predicted molar refractivity (Wildman–Crippen MR) is 96.6 cm³/mol. The van der Waals surface area contributed by atoms with Gasteiger partial charge in [-0.15, -0.1) is 15.3 Å². The molecule has 0 aliphatic rings. The average Bonchev–Trinajstić information content (AvgIpc) is 3.02. The summed E-state index contributed by atoms with van der Waals surface area (Å²) in [6, 6.07) is 7.25. The zero-order valence-corrected chi connectivity index (χ0v) is 15.2. The van der Waals surface area contributed by atoms with Crippen LogP contribution in [0.1, 0.15) is 12.6 Å². The molecule has 2 heterocycles. The summed E-state index contributed by atoms with van der Waals surface area (Å²) >= 11 is 2.45. The maximum atomic E-state index is 12.2. The van der Waals surface area contributed by atoms with Crippen molar-refractivity contribution in [1.29, 1.82) is 0 Å². The highest BCUT2D eigenvalue weighted by Crippen LogP contribution is 2.26. The molecule has 3 aromatic rings. The summed E-state index contributed by atoms with van der Waals surface area (Å²) in [4.78, 5) is 24.5. The van der Waals surface area contributed by atoms with Gasteiger partial charge in [-0.25, -0.2) is 0 Å². The quantitative estimate of drug-likeness (QED) is 0.656. The van der Waals surface area contributed by atoms with Crippen LogP contribution in [0, 0.1) is 6.92 Å². The summed E-state index contributed by atoms with van der Waals surface area (Å²) in [7, 11) is 0. The van der Waals surface area contributed by atoms with E-state index in [0.717, 1.165) is 0 Å². The van der Waals surface area contributed by atoms with Gasteiger partial charge >= 0.3 is 0 Å². The highest BCUT2D eigenvalue weighted by Gasteiger charge is 2.12. The van der Waals surface area contributed by atoms with Crippen molar-refractivity contribution in [2.75, 3.05) is 17.7 Å². The van der Waals surface area contributed by atoms with Crippen LogP contribution in [0.2, 0.25) is 0 Å². The Labute approximate surface area is 151 Å². The summed E-state index contributed by atoms with van der Waals surface area (Å²) in [6.45, 7) is 3.98. The number of hydrogen-bond acceptors (Lipinski definition) is 8. The van der Waals surface area contributed by atoms with Crippen LogP contribution < -0.4 is 15.6 Å². The third-order valence-electron chi connectivity index (χ3n) is 3.12. The van der Waals surface area contributed by atoms with Gasteiger partial charge in [0.25, 0.3) is 5.56 Å². The van der Waals surface area contributed by atoms with E-state index in [-0.39, 0.29) is 22.9 Å². The van der Waals surface area contributed by atoms with E-state index in [1.807, 2.05) is 19.1 Å². The molecule has 1 aromatic carbocycles. The lowest BCUT2D eigenvalue weighted by atomic mass is 10.3. The number of anilines is 1. The van der Waals surface area contributed by atoms with Crippen molar-refractivity contribution >= 4 is 39.7 Å². The van der Waals surface area contributed by atoms with E-state index < -0.39 is 0 Å². The van der Waals surface area contributed by atoms with E-state index in [1.54, 1.807) is 19.1 Å². The minimum absolute atomic E-state index is 0.154. The summed E-state index contributed by atoms with van der Waals surface area (Å²) < 4.78 is 7.26. The van der Waals surface area contributed by atoms with Crippen LogP contribution in [-0.4, -0.2) is 38.1 Å². The summed E-state index contributed by atoms with van der Waals surface area (Å²) in [6.07, 6.45) is 0. The molecule has 8 nitrogen and oxygen atoms in total. The molecule has 1 N–H and O–H groups in total. The number of benzene rings is 1. The van der Waals surface area contributed by atoms with Crippen molar-refractivity contribution in [1.82, 2.24) is 19.8 Å². The third-order valence-corrected chi connectivity index (χ3v) is 5.15. The molecular weight excluding hydrogens is 362 g/mol. The number of hydrogen-bond donors (Lipinski definition) is 1. The zero-order chi connectivity index (χ0) is 17.8. The molecular formula is C15H15N5O3S2. The van der Waals surface area contributed by atoms with Gasteiger partial charge in [0.15, 0.2) is 4.34 Å². The van der Waals surface area contributed by atoms with Crippen LogP contribution in [0.4, 0.5) is 5.69 Å². The fraction of sp³-hybridized carbons (Fsp3) is 0.267. The number of amides is 1. The van der Waals surface area contributed by atoms with E-state index in [9.17, 15) is 9.59 Å². The normalized spacial score (nSPS) is 10.8. The fourth-order valence-electron chi connectivity index (χ4n) is 2.00. The van der Waals surface area contributed by atoms with Crippen molar-refractivity contribution in [2.24, 2.45) is 0 Å². The minimum atomic E-state index is -0.303. The van der Waals surface area contributed by atoms with Gasteiger partial charge < -0.3 is 10.1 Å².